The van der Waals surface area contributed by atoms with Crippen LogP contribution in [0, 0.1) is 0 Å². The highest BCUT2D eigenvalue weighted by molar-refractivity contribution is 6.02. The van der Waals surface area contributed by atoms with Crippen molar-refractivity contribution >= 4 is 29.8 Å². The summed E-state index contributed by atoms with van der Waals surface area (Å²) < 4.78 is 21.7. The van der Waals surface area contributed by atoms with Crippen molar-refractivity contribution in [3.63, 3.8) is 0 Å². The zero-order valence-corrected chi connectivity index (χ0v) is 20.1. The molecular formula is C29H29NO5. The number of carbonyl (C=O) groups is 1. The molecule has 1 N–H and O–H groups in total. The number of hydrogen-bond acceptors (Lipinski definition) is 5. The van der Waals surface area contributed by atoms with Crippen molar-refractivity contribution in [2.75, 3.05) is 33.3 Å². The van der Waals surface area contributed by atoms with Gasteiger partial charge in [-0.05, 0) is 59.2 Å². The third-order valence-electron chi connectivity index (χ3n) is 4.96. The van der Waals surface area contributed by atoms with Crippen LogP contribution in [0.5, 0.6) is 23.0 Å². The molecule has 0 aliphatic rings. The summed E-state index contributed by atoms with van der Waals surface area (Å²) in [4.78, 5) is 12.4. The van der Waals surface area contributed by atoms with Gasteiger partial charge in [0.05, 0.1) is 21.3 Å². The van der Waals surface area contributed by atoms with Crippen LogP contribution in [0.15, 0.2) is 79.4 Å². The number of amides is 1. The van der Waals surface area contributed by atoms with Gasteiger partial charge in [0.25, 0.3) is 0 Å². The fourth-order valence-corrected chi connectivity index (χ4v) is 3.33. The fourth-order valence-electron chi connectivity index (χ4n) is 3.33. The zero-order chi connectivity index (χ0) is 25.0. The lowest BCUT2D eigenvalue weighted by atomic mass is 10.1. The predicted molar refractivity (Wildman–Crippen MR) is 141 cm³/mol. The summed E-state index contributed by atoms with van der Waals surface area (Å²) in [7, 11) is 4.73. The molecule has 0 bridgehead atoms. The Labute approximate surface area is 206 Å². The third-order valence-corrected chi connectivity index (χ3v) is 4.96. The van der Waals surface area contributed by atoms with E-state index >= 15 is 0 Å². The molecule has 1 amide bonds. The predicted octanol–water partition coefficient (Wildman–Crippen LogP) is 6.10. The van der Waals surface area contributed by atoms with E-state index in [0.717, 1.165) is 22.4 Å². The van der Waals surface area contributed by atoms with Crippen LogP contribution >= 0.6 is 0 Å². The van der Waals surface area contributed by atoms with E-state index in [9.17, 15) is 4.79 Å². The Hall–Kier alpha value is -4.45. The highest BCUT2D eigenvalue weighted by Gasteiger charge is 2.12. The molecule has 0 fully saturated rings. The molecule has 0 unspecified atom stereocenters. The second kappa shape index (κ2) is 12.7. The Morgan fingerprint density at radius 3 is 2.14 bits per heavy atom. The minimum absolute atomic E-state index is 0.229. The molecule has 35 heavy (non-hydrogen) atoms. The lowest BCUT2D eigenvalue weighted by molar-refractivity contribution is -0.111. The van der Waals surface area contributed by atoms with Gasteiger partial charge in [-0.25, -0.2) is 0 Å². The van der Waals surface area contributed by atoms with Crippen molar-refractivity contribution in [1.29, 1.82) is 0 Å². The Balaban J connectivity index is 1.68. The van der Waals surface area contributed by atoms with Crippen molar-refractivity contribution < 1.29 is 23.7 Å². The molecule has 0 radical (unpaired) electrons. The second-order valence-corrected chi connectivity index (χ2v) is 7.41. The maximum Gasteiger partial charge on any atom is 0.248 e. The van der Waals surface area contributed by atoms with Gasteiger partial charge < -0.3 is 24.3 Å². The second-order valence-electron chi connectivity index (χ2n) is 7.41. The van der Waals surface area contributed by atoms with Gasteiger partial charge in [-0.3, -0.25) is 4.79 Å². The third kappa shape index (κ3) is 7.27. The molecule has 0 aromatic heterocycles. The summed E-state index contributed by atoms with van der Waals surface area (Å²) in [5.41, 5.74) is 3.36. The number of methoxy groups -OCH3 is 3. The van der Waals surface area contributed by atoms with Crippen molar-refractivity contribution in [3.8, 4) is 23.0 Å². The van der Waals surface area contributed by atoms with Crippen LogP contribution in [0.4, 0.5) is 5.69 Å². The first-order valence-electron chi connectivity index (χ1n) is 11.0. The van der Waals surface area contributed by atoms with Crippen molar-refractivity contribution in [2.24, 2.45) is 0 Å². The van der Waals surface area contributed by atoms with Crippen molar-refractivity contribution in [3.05, 3.63) is 96.1 Å². The van der Waals surface area contributed by atoms with E-state index in [4.69, 9.17) is 18.9 Å². The molecule has 3 aromatic carbocycles. The average Bonchev–Trinajstić information content (AvgIpc) is 2.89. The van der Waals surface area contributed by atoms with Crippen LogP contribution in [0.3, 0.4) is 0 Å². The maximum atomic E-state index is 12.4. The first-order valence-corrected chi connectivity index (χ1v) is 11.0. The number of carbonyl (C=O) groups excluding carboxylic acids is 1. The molecular weight excluding hydrogens is 442 g/mol. The van der Waals surface area contributed by atoms with Gasteiger partial charge in [-0.1, -0.05) is 49.1 Å². The molecule has 0 atom stereocenters. The maximum absolute atomic E-state index is 12.4. The average molecular weight is 472 g/mol. The van der Waals surface area contributed by atoms with Crippen molar-refractivity contribution in [1.82, 2.24) is 0 Å². The van der Waals surface area contributed by atoms with Crippen LogP contribution < -0.4 is 24.3 Å². The normalized spacial score (nSPS) is 10.8. The molecule has 3 aromatic rings. The quantitative estimate of drug-likeness (QED) is 0.208. The highest BCUT2D eigenvalue weighted by atomic mass is 16.5. The van der Waals surface area contributed by atoms with E-state index in [1.165, 1.54) is 6.08 Å². The number of ether oxygens (including phenoxy) is 4. The van der Waals surface area contributed by atoms with E-state index in [-0.39, 0.29) is 5.91 Å². The molecule has 180 valence electrons. The lowest BCUT2D eigenvalue weighted by Gasteiger charge is -2.12. The van der Waals surface area contributed by atoms with Crippen LogP contribution in [0.25, 0.3) is 18.2 Å². The Bertz CT molecular complexity index is 1200. The number of hydrogen-bond donors (Lipinski definition) is 1. The van der Waals surface area contributed by atoms with E-state index in [1.807, 2.05) is 72.8 Å². The molecule has 3 rings (SSSR count). The number of nitrogens with one attached hydrogen (secondary N) is 1. The minimum atomic E-state index is -0.229. The van der Waals surface area contributed by atoms with Crippen LogP contribution in [-0.2, 0) is 4.79 Å². The van der Waals surface area contributed by atoms with Gasteiger partial charge in [0, 0.05) is 11.8 Å². The van der Waals surface area contributed by atoms with Crippen molar-refractivity contribution in [2.45, 2.75) is 0 Å². The topological polar surface area (TPSA) is 66.0 Å². The van der Waals surface area contributed by atoms with Crippen LogP contribution in [0.1, 0.15) is 16.7 Å². The largest absolute Gasteiger partial charge is 0.493 e. The minimum Gasteiger partial charge on any atom is -0.493 e. The number of rotatable bonds is 11. The smallest absolute Gasteiger partial charge is 0.248 e. The number of benzene rings is 3. The van der Waals surface area contributed by atoms with E-state index in [0.29, 0.717) is 29.5 Å². The zero-order valence-electron chi connectivity index (χ0n) is 20.1. The van der Waals surface area contributed by atoms with Gasteiger partial charge in [-0.15, -0.1) is 0 Å². The molecule has 6 heteroatoms. The Kier molecular flexibility index (Phi) is 9.14. The van der Waals surface area contributed by atoms with E-state index in [2.05, 4.69) is 11.9 Å². The Morgan fingerprint density at radius 2 is 1.49 bits per heavy atom. The summed E-state index contributed by atoms with van der Waals surface area (Å²) in [5, 5.41) is 2.89. The summed E-state index contributed by atoms with van der Waals surface area (Å²) >= 11 is 0. The van der Waals surface area contributed by atoms with Gasteiger partial charge in [0.15, 0.2) is 11.5 Å². The molecule has 0 saturated heterocycles. The lowest BCUT2D eigenvalue weighted by Crippen LogP contribution is -2.07. The first kappa shape index (κ1) is 25.2. The van der Waals surface area contributed by atoms with Gasteiger partial charge >= 0.3 is 0 Å². The van der Waals surface area contributed by atoms with Gasteiger partial charge in [0.1, 0.15) is 12.4 Å². The van der Waals surface area contributed by atoms with E-state index in [1.54, 1.807) is 33.5 Å². The Morgan fingerprint density at radius 1 is 0.829 bits per heavy atom. The van der Waals surface area contributed by atoms with Crippen LogP contribution in [-0.4, -0.2) is 33.8 Å². The standard InChI is InChI=1S/C29H29NO5/c1-5-16-35-25-11-7-9-22(18-25)14-15-28(31)30-24-10-6-8-21(17-24)12-13-23-19-26(32-2)29(34-4)27(20-23)33-3/h5-15,17-20H,1,16H2,2-4H3,(H,30,31)/b13-12?,15-14+. The molecule has 0 aliphatic heterocycles. The van der Waals surface area contributed by atoms with E-state index < -0.39 is 0 Å². The van der Waals surface area contributed by atoms with Crippen LogP contribution in [0.2, 0.25) is 0 Å². The molecule has 0 spiro atoms. The van der Waals surface area contributed by atoms with Gasteiger partial charge in [0.2, 0.25) is 11.7 Å². The summed E-state index contributed by atoms with van der Waals surface area (Å²) in [6.45, 7) is 4.07. The number of anilines is 1. The van der Waals surface area contributed by atoms with Gasteiger partial charge in [-0.2, -0.15) is 0 Å². The summed E-state index contributed by atoms with van der Waals surface area (Å²) in [5.74, 6) is 2.20. The SMILES string of the molecule is C=CCOc1cccc(/C=C/C(=O)Nc2cccc(C=Cc3cc(OC)c(OC)c(OC)c3)c2)c1. The summed E-state index contributed by atoms with van der Waals surface area (Å²) in [6.07, 6.45) is 8.80. The molecule has 6 nitrogen and oxygen atoms in total. The summed E-state index contributed by atoms with van der Waals surface area (Å²) in [6, 6.07) is 18.8. The fraction of sp³-hybridized carbons (Fsp3) is 0.138. The highest BCUT2D eigenvalue weighted by Crippen LogP contribution is 2.38. The molecule has 0 aliphatic carbocycles. The molecule has 0 saturated carbocycles. The monoisotopic (exact) mass is 471 g/mol. The first-order chi connectivity index (χ1) is 17.1. The molecule has 0 heterocycles.